The van der Waals surface area contributed by atoms with Gasteiger partial charge >= 0.3 is 0 Å². The van der Waals surface area contributed by atoms with E-state index in [-0.39, 0.29) is 11.8 Å². The Morgan fingerprint density at radius 2 is 1.81 bits per heavy atom. The van der Waals surface area contributed by atoms with Crippen LogP contribution in [-0.4, -0.2) is 65.6 Å². The first-order valence-electron chi connectivity index (χ1n) is 9.11. The Balaban J connectivity index is 1.45. The zero-order chi connectivity index (χ0) is 18.5. The van der Waals surface area contributed by atoms with Crippen molar-refractivity contribution in [1.82, 2.24) is 19.9 Å². The van der Waals surface area contributed by atoms with E-state index in [9.17, 15) is 4.79 Å². The van der Waals surface area contributed by atoms with Gasteiger partial charge < -0.3 is 9.42 Å². The number of anilines is 1. The molecule has 3 rings (SSSR count). The quantitative estimate of drug-likeness (QED) is 0.788. The Bertz CT molecular complexity index is 708. The minimum absolute atomic E-state index is 0.114. The second-order valence-corrected chi connectivity index (χ2v) is 7.04. The van der Waals surface area contributed by atoms with Gasteiger partial charge in [0.2, 0.25) is 11.8 Å². The van der Waals surface area contributed by atoms with Crippen LogP contribution in [0, 0.1) is 0 Å². The predicted octanol–water partition coefficient (Wildman–Crippen LogP) is 1.97. The molecule has 1 aromatic heterocycles. The molecule has 0 N–H and O–H groups in total. The van der Waals surface area contributed by atoms with Crippen molar-refractivity contribution in [2.45, 2.75) is 26.3 Å². The minimum atomic E-state index is 0.114. The van der Waals surface area contributed by atoms with Crippen LogP contribution in [0.25, 0.3) is 0 Å². The van der Waals surface area contributed by atoms with Crippen LogP contribution in [0.2, 0.25) is 0 Å². The van der Waals surface area contributed by atoms with Gasteiger partial charge in [-0.15, -0.1) is 0 Å². The molecule has 1 aliphatic rings. The number of piperazine rings is 1. The number of carbonyl (C=O) groups excluding carboxylic acids is 1. The van der Waals surface area contributed by atoms with E-state index >= 15 is 0 Å². The molecule has 26 heavy (non-hydrogen) atoms. The zero-order valence-corrected chi connectivity index (χ0v) is 15.8. The Morgan fingerprint density at radius 1 is 1.15 bits per heavy atom. The summed E-state index contributed by atoms with van der Waals surface area (Å²) in [6.07, 6.45) is 0. The lowest BCUT2D eigenvalue weighted by atomic mass is 10.2. The van der Waals surface area contributed by atoms with Gasteiger partial charge in [-0.25, -0.2) is 0 Å². The van der Waals surface area contributed by atoms with Crippen molar-refractivity contribution in [3.05, 3.63) is 42.0 Å². The smallest absolute Gasteiger partial charge is 0.240 e. The third kappa shape index (κ3) is 4.68. The lowest BCUT2D eigenvalue weighted by molar-refractivity contribution is -0.119. The van der Waals surface area contributed by atoms with Crippen LogP contribution in [0.5, 0.6) is 0 Å². The molecule has 0 aliphatic carbocycles. The van der Waals surface area contributed by atoms with E-state index in [1.165, 1.54) is 0 Å². The Kier molecular flexibility index (Phi) is 6.00. The maximum atomic E-state index is 12.5. The second-order valence-electron chi connectivity index (χ2n) is 7.04. The molecule has 140 valence electrons. The van der Waals surface area contributed by atoms with Crippen molar-refractivity contribution in [3.8, 4) is 0 Å². The molecule has 0 atom stereocenters. The van der Waals surface area contributed by atoms with Gasteiger partial charge in [0.05, 0.1) is 13.1 Å². The average Bonchev–Trinajstić information content (AvgIpc) is 3.12. The van der Waals surface area contributed by atoms with Crippen molar-refractivity contribution in [2.24, 2.45) is 0 Å². The Hall–Kier alpha value is -2.25. The normalized spacial score (nSPS) is 16.2. The van der Waals surface area contributed by atoms with Crippen LogP contribution >= 0.6 is 0 Å². The number of amides is 1. The number of likely N-dealkylation sites (N-methyl/N-ethyl adjacent to an activating group) is 1. The van der Waals surface area contributed by atoms with Gasteiger partial charge in [-0.2, -0.15) is 4.98 Å². The molecular weight excluding hydrogens is 330 g/mol. The molecule has 2 aromatic rings. The fourth-order valence-electron chi connectivity index (χ4n) is 2.96. The summed E-state index contributed by atoms with van der Waals surface area (Å²) in [6.45, 7) is 8.72. The van der Waals surface area contributed by atoms with E-state index in [4.69, 9.17) is 4.52 Å². The first-order valence-corrected chi connectivity index (χ1v) is 9.11. The highest BCUT2D eigenvalue weighted by atomic mass is 16.5. The number of para-hydroxylation sites is 1. The summed E-state index contributed by atoms with van der Waals surface area (Å²) in [6, 6.07) is 9.74. The van der Waals surface area contributed by atoms with Crippen LogP contribution in [0.3, 0.4) is 0 Å². The van der Waals surface area contributed by atoms with E-state index in [1.54, 1.807) is 4.90 Å². The molecule has 1 aliphatic heterocycles. The van der Waals surface area contributed by atoms with Crippen molar-refractivity contribution in [2.75, 3.05) is 44.7 Å². The van der Waals surface area contributed by atoms with Crippen LogP contribution in [-0.2, 0) is 11.3 Å². The molecule has 1 aromatic carbocycles. The summed E-state index contributed by atoms with van der Waals surface area (Å²) < 4.78 is 5.32. The minimum Gasteiger partial charge on any atom is -0.338 e. The predicted molar refractivity (Wildman–Crippen MR) is 100.0 cm³/mol. The third-order valence-electron chi connectivity index (χ3n) is 4.70. The maximum Gasteiger partial charge on any atom is 0.240 e. The monoisotopic (exact) mass is 357 g/mol. The van der Waals surface area contributed by atoms with Crippen molar-refractivity contribution < 1.29 is 9.32 Å². The molecule has 0 radical (unpaired) electrons. The van der Waals surface area contributed by atoms with E-state index in [0.717, 1.165) is 37.7 Å². The number of hydrogen-bond acceptors (Lipinski definition) is 6. The number of nitrogens with zero attached hydrogens (tertiary/aromatic N) is 5. The highest BCUT2D eigenvalue weighted by Crippen LogP contribution is 2.14. The van der Waals surface area contributed by atoms with E-state index in [1.807, 2.05) is 37.4 Å². The molecule has 7 nitrogen and oxygen atoms in total. The average molecular weight is 357 g/mol. The highest BCUT2D eigenvalue weighted by molar-refractivity contribution is 5.94. The van der Waals surface area contributed by atoms with Crippen molar-refractivity contribution in [3.63, 3.8) is 0 Å². The highest BCUT2D eigenvalue weighted by Gasteiger charge is 2.22. The van der Waals surface area contributed by atoms with Crippen LogP contribution in [0.15, 0.2) is 34.9 Å². The zero-order valence-electron chi connectivity index (χ0n) is 15.8. The van der Waals surface area contributed by atoms with Crippen LogP contribution in [0.4, 0.5) is 5.69 Å². The lowest BCUT2D eigenvalue weighted by Gasteiger charge is -2.34. The van der Waals surface area contributed by atoms with Crippen LogP contribution in [0.1, 0.15) is 31.5 Å². The molecule has 0 saturated carbocycles. The van der Waals surface area contributed by atoms with Gasteiger partial charge in [-0.05, 0) is 12.1 Å². The van der Waals surface area contributed by atoms with Gasteiger partial charge in [0.15, 0.2) is 5.82 Å². The summed E-state index contributed by atoms with van der Waals surface area (Å²) in [5.41, 5.74) is 0.925. The summed E-state index contributed by atoms with van der Waals surface area (Å²) in [5.74, 6) is 1.82. The lowest BCUT2D eigenvalue weighted by Crippen LogP contribution is -2.49. The van der Waals surface area contributed by atoms with Crippen LogP contribution < -0.4 is 4.90 Å². The number of hydrogen-bond donors (Lipinski definition) is 0. The van der Waals surface area contributed by atoms with Gasteiger partial charge in [0.1, 0.15) is 0 Å². The molecule has 0 spiro atoms. The van der Waals surface area contributed by atoms with E-state index in [0.29, 0.717) is 19.0 Å². The molecule has 1 amide bonds. The number of carbonyl (C=O) groups is 1. The molecule has 1 saturated heterocycles. The summed E-state index contributed by atoms with van der Waals surface area (Å²) in [7, 11) is 1.83. The number of benzene rings is 1. The fraction of sp³-hybridized carbons (Fsp3) is 0.526. The van der Waals surface area contributed by atoms with Gasteiger partial charge in [-0.3, -0.25) is 14.6 Å². The molecule has 1 fully saturated rings. The maximum absolute atomic E-state index is 12.5. The molecule has 0 unspecified atom stereocenters. The van der Waals surface area contributed by atoms with E-state index < -0.39 is 0 Å². The molecule has 0 bridgehead atoms. The fourth-order valence-corrected chi connectivity index (χ4v) is 2.96. The first kappa shape index (κ1) is 18.5. The van der Waals surface area contributed by atoms with Gasteiger partial charge in [0.25, 0.3) is 0 Å². The van der Waals surface area contributed by atoms with E-state index in [2.05, 4.69) is 33.8 Å². The topological polar surface area (TPSA) is 65.7 Å². The SMILES string of the molecule is CC(C)c1noc(CN2CCN(CC(=O)N(C)c3ccccc3)CC2)n1. The van der Waals surface area contributed by atoms with Crippen molar-refractivity contribution >= 4 is 11.6 Å². The first-order chi connectivity index (χ1) is 12.5. The standard InChI is InChI=1S/C19H27N5O2/c1-15(2)19-20-17(26-21-19)13-23-9-11-24(12-10-23)14-18(25)22(3)16-7-5-4-6-8-16/h4-8,15H,9-14H2,1-3H3. The molecule has 7 heteroatoms. The summed E-state index contributed by atoms with van der Waals surface area (Å²) in [5, 5.41) is 4.01. The summed E-state index contributed by atoms with van der Waals surface area (Å²) >= 11 is 0. The second kappa shape index (κ2) is 8.42. The molecule has 2 heterocycles. The Morgan fingerprint density at radius 3 is 2.42 bits per heavy atom. The van der Waals surface area contributed by atoms with Crippen molar-refractivity contribution in [1.29, 1.82) is 0 Å². The van der Waals surface area contributed by atoms with Gasteiger partial charge in [0, 0.05) is 44.8 Å². The Labute approximate surface area is 154 Å². The summed E-state index contributed by atoms with van der Waals surface area (Å²) in [4.78, 5) is 23.1. The third-order valence-corrected chi connectivity index (χ3v) is 4.70. The molecular formula is C19H27N5O2. The number of rotatable bonds is 6. The van der Waals surface area contributed by atoms with Gasteiger partial charge in [-0.1, -0.05) is 37.2 Å². The number of aromatic nitrogens is 2. The largest absolute Gasteiger partial charge is 0.338 e.